The second-order valence-corrected chi connectivity index (χ2v) is 28.1. The Morgan fingerprint density at radius 1 is 0.559 bits per heavy atom. The van der Waals surface area contributed by atoms with Crippen molar-refractivity contribution in [3.63, 3.8) is 0 Å². The normalized spacial score (nSPS) is 27.9. The zero-order valence-electron chi connectivity index (χ0n) is 60.7. The number of carbonyl (C=O) groups is 11. The van der Waals surface area contributed by atoms with Crippen LogP contribution in [-0.4, -0.2) is 278 Å². The van der Waals surface area contributed by atoms with Crippen molar-refractivity contribution >= 4 is 65.0 Å². The van der Waals surface area contributed by atoms with Crippen molar-refractivity contribution in [2.75, 3.05) is 95.8 Å². The van der Waals surface area contributed by atoms with Crippen molar-refractivity contribution in [1.82, 2.24) is 60.5 Å². The maximum Gasteiger partial charge on any atom is 0.246 e. The number of likely N-dealkylation sites (N-methyl/N-ethyl adjacent to an activating group) is 7. The molecule has 5 N–H and O–H groups in total. The third-order valence-corrected chi connectivity index (χ3v) is 18.0. The van der Waals surface area contributed by atoms with Gasteiger partial charge in [0.15, 0.2) is 0 Å². The van der Waals surface area contributed by atoms with Gasteiger partial charge in [0.1, 0.15) is 60.4 Å². The Bertz CT molecular complexity index is 2550. The van der Waals surface area contributed by atoms with Gasteiger partial charge < -0.3 is 70.1 Å². The highest BCUT2D eigenvalue weighted by molar-refractivity contribution is 5.99. The van der Waals surface area contributed by atoms with Crippen LogP contribution < -0.4 is 21.3 Å². The number of aliphatic hydroxyl groups is 1. The molecule has 26 heteroatoms. The third kappa shape index (κ3) is 23.3. The lowest BCUT2D eigenvalue weighted by Crippen LogP contribution is -2.63. The van der Waals surface area contributed by atoms with Gasteiger partial charge in [-0.1, -0.05) is 102 Å². The van der Waals surface area contributed by atoms with E-state index in [1.54, 1.807) is 68.6 Å². The summed E-state index contributed by atoms with van der Waals surface area (Å²) in [4.78, 5) is 173. The lowest BCUT2D eigenvalue weighted by molar-refractivity contribution is -0.157. The Hall–Kier alpha value is -6.25. The molecule has 2 rings (SSSR count). The van der Waals surface area contributed by atoms with Gasteiger partial charge in [-0.25, -0.2) is 0 Å². The number of carbonyl (C=O) groups excluding carboxylic acids is 11. The van der Waals surface area contributed by atoms with Gasteiger partial charge >= 0.3 is 0 Å². The van der Waals surface area contributed by atoms with Crippen LogP contribution >= 0.6 is 0 Å². The monoisotopic (exact) mass is 1320 g/mol. The molecule has 0 saturated carbocycles. The Morgan fingerprint density at radius 3 is 1.56 bits per heavy atom. The van der Waals surface area contributed by atoms with Crippen LogP contribution in [0.2, 0.25) is 0 Å². The van der Waals surface area contributed by atoms with Crippen molar-refractivity contribution in [3.8, 4) is 0 Å². The van der Waals surface area contributed by atoms with E-state index in [2.05, 4.69) is 26.2 Å². The molecule has 0 spiro atoms. The van der Waals surface area contributed by atoms with Crippen molar-refractivity contribution < 1.29 is 67.3 Å². The third-order valence-electron chi connectivity index (χ3n) is 18.0. The van der Waals surface area contributed by atoms with E-state index in [1.165, 1.54) is 87.7 Å². The molecule has 0 bridgehead atoms. The molecule has 0 aromatic rings. The zero-order valence-corrected chi connectivity index (χ0v) is 60.7. The van der Waals surface area contributed by atoms with E-state index in [1.807, 2.05) is 47.6 Å². The van der Waals surface area contributed by atoms with E-state index in [-0.39, 0.29) is 49.5 Å². The van der Waals surface area contributed by atoms with Crippen molar-refractivity contribution in [1.29, 1.82) is 0 Å². The van der Waals surface area contributed by atoms with Crippen LogP contribution in [0.5, 0.6) is 0 Å². The summed E-state index contributed by atoms with van der Waals surface area (Å²) in [6.45, 7) is 29.3. The van der Waals surface area contributed by atoms with Gasteiger partial charge in [0.25, 0.3) is 0 Å². The molecule has 2 saturated heterocycles. The number of ether oxygens (including phenoxy) is 2. The minimum atomic E-state index is -1.63. The van der Waals surface area contributed by atoms with Crippen LogP contribution in [0.3, 0.4) is 0 Å². The number of morpholine rings is 1. The van der Waals surface area contributed by atoms with Crippen LogP contribution in [0.1, 0.15) is 143 Å². The lowest BCUT2D eigenvalue weighted by Gasteiger charge is -2.41. The fourth-order valence-corrected chi connectivity index (χ4v) is 12.3. The molecular weight excluding hydrogens is 1200 g/mol. The minimum absolute atomic E-state index is 0.00233. The number of amides is 11. The van der Waals surface area contributed by atoms with Crippen molar-refractivity contribution in [2.24, 2.45) is 41.4 Å². The minimum Gasteiger partial charge on any atom is -0.390 e. The number of nitrogens with one attached hydrogen (secondary N) is 4. The van der Waals surface area contributed by atoms with E-state index in [4.69, 9.17) is 9.47 Å². The van der Waals surface area contributed by atoms with E-state index in [9.17, 15) is 38.7 Å². The maximum absolute atomic E-state index is 15.2. The molecule has 0 aliphatic carbocycles. The van der Waals surface area contributed by atoms with Crippen LogP contribution in [0.4, 0.5) is 0 Å². The summed E-state index contributed by atoms with van der Waals surface area (Å²) in [6.07, 6.45) is 2.54. The first-order chi connectivity index (χ1) is 43.2. The molecule has 11 amide bonds. The molecule has 2 aliphatic rings. The number of hydrogen-bond donors (Lipinski definition) is 5. The number of aliphatic hydroxyl groups excluding tert-OH is 1. The molecule has 0 aromatic carbocycles. The van der Waals surface area contributed by atoms with Gasteiger partial charge in [0.2, 0.25) is 65.0 Å². The van der Waals surface area contributed by atoms with Crippen LogP contribution in [-0.2, 0) is 62.2 Å². The summed E-state index contributed by atoms with van der Waals surface area (Å²) < 4.78 is 11.3. The lowest BCUT2D eigenvalue weighted by atomic mass is 9.91. The molecule has 2 heterocycles. The second-order valence-electron chi connectivity index (χ2n) is 28.1. The first-order valence-corrected chi connectivity index (χ1v) is 33.4. The second kappa shape index (κ2) is 38.3. The summed E-state index contributed by atoms with van der Waals surface area (Å²) in [5.74, 6) is -10.5. The number of rotatable bonds is 18. The van der Waals surface area contributed by atoms with Gasteiger partial charge in [-0.3, -0.25) is 57.6 Å². The van der Waals surface area contributed by atoms with Crippen LogP contribution in [0.25, 0.3) is 0 Å². The quantitative estimate of drug-likeness (QED) is 0.123. The topological polar surface area (TPSA) is 300 Å². The molecular formula is C67H120N12O14. The molecule has 14 atom stereocenters. The van der Waals surface area contributed by atoms with E-state index in [0.717, 1.165) is 9.80 Å². The number of hydrogen-bond acceptors (Lipinski definition) is 15. The maximum atomic E-state index is 15.2. The van der Waals surface area contributed by atoms with E-state index in [0.29, 0.717) is 39.3 Å². The molecule has 26 nitrogen and oxygen atoms in total. The molecule has 0 aromatic heterocycles. The molecule has 93 heavy (non-hydrogen) atoms. The zero-order chi connectivity index (χ0) is 71.4. The Morgan fingerprint density at radius 2 is 1.05 bits per heavy atom. The summed E-state index contributed by atoms with van der Waals surface area (Å²) in [6, 6.07) is -12.7. The average Bonchev–Trinajstić information content (AvgIpc) is 0.816. The van der Waals surface area contributed by atoms with Gasteiger partial charge in [-0.2, -0.15) is 0 Å². The number of nitrogens with zero attached hydrogens (tertiary/aromatic N) is 8. The van der Waals surface area contributed by atoms with E-state index >= 15 is 19.2 Å². The SMILES string of the molecule is C/C=C/C[C@@H](C)[C@@H](O)[C@H]1C(=O)N[C@@H](CC)C(=O)N(C)CC(=O)N(C)[C@@H]([C@H](C)CN2CCO[C@H](COC)C2)C(=O)NC(C(C)C)C(=O)N(C)[C@@H](CC(C)C)C(=O)N[C@@H](C)C(=O)N[C@H](C)C(=O)N(C)[C@@H](CC(C)C)C(=O)N(C)[C@@H](CC(C)C)C(=O)N(C)C(C(C)C)C(=O)N1C. The number of methoxy groups -OCH3 is 1. The first kappa shape index (κ1) is 82.8. The Kier molecular flexibility index (Phi) is 34.1. The highest BCUT2D eigenvalue weighted by Crippen LogP contribution is 2.26. The van der Waals surface area contributed by atoms with Gasteiger partial charge in [0, 0.05) is 76.1 Å². The van der Waals surface area contributed by atoms with Gasteiger partial charge in [0.05, 0.1) is 32.0 Å². The van der Waals surface area contributed by atoms with Gasteiger partial charge in [-0.05, 0) is 94.3 Å². The predicted molar refractivity (Wildman–Crippen MR) is 356 cm³/mol. The highest BCUT2D eigenvalue weighted by atomic mass is 16.5. The molecule has 2 unspecified atom stereocenters. The molecule has 0 radical (unpaired) electrons. The Labute approximate surface area is 555 Å². The van der Waals surface area contributed by atoms with Crippen LogP contribution in [0, 0.1) is 41.4 Å². The van der Waals surface area contributed by atoms with Crippen molar-refractivity contribution in [2.45, 2.75) is 216 Å². The fraction of sp³-hybridized carbons (Fsp3) is 0.806. The molecule has 2 aliphatic heterocycles. The molecule has 2 fully saturated rings. The summed E-state index contributed by atoms with van der Waals surface area (Å²) in [7, 11) is 11.5. The average molecular weight is 1320 g/mol. The van der Waals surface area contributed by atoms with E-state index < -0.39 is 162 Å². The summed E-state index contributed by atoms with van der Waals surface area (Å²) in [5, 5.41) is 23.3. The van der Waals surface area contributed by atoms with Gasteiger partial charge in [-0.15, -0.1) is 0 Å². The Balaban J connectivity index is 3.03. The van der Waals surface area contributed by atoms with Crippen LogP contribution in [0.15, 0.2) is 12.2 Å². The van der Waals surface area contributed by atoms with Crippen molar-refractivity contribution in [3.05, 3.63) is 12.2 Å². The first-order valence-electron chi connectivity index (χ1n) is 33.4. The summed E-state index contributed by atoms with van der Waals surface area (Å²) in [5.41, 5.74) is 0. The highest BCUT2D eigenvalue weighted by Gasteiger charge is 2.46. The molecule has 532 valence electrons. The standard InChI is InChI=1S/C67H120N12O14/c1-25-27-28-43(13)57(81)56-61(85)70-48(26-2)63(87)72(17)36-52(80)76(21)55(44(14)34-79-29-30-93-47(35-79)37-92-24)60(84)71-53(41(9)10)66(90)73(18)49(31-38(3)4)59(83)68-45(15)58(82)69-46(16)62(86)74(19)50(32-39(5)6)64(88)75(20)51(33-40(7)8)65(89)77(22)54(42(11)12)67(91)78(56)23/h25,27,38-51,53-57,81H,26,28-37H2,1-24H3,(H,68,83)(H,69,82)(H,70,85)(H,71,84)/b27-25+/t43-,44-,45+,46-,47+,48+,49+,50+,51+,53?,54?,55+,56+,57-/m1/s1. The largest absolute Gasteiger partial charge is 0.390 e. The summed E-state index contributed by atoms with van der Waals surface area (Å²) >= 11 is 0. The fourth-order valence-electron chi connectivity index (χ4n) is 12.3. The smallest absolute Gasteiger partial charge is 0.246 e. The predicted octanol–water partition coefficient (Wildman–Crippen LogP) is 2.21. The number of allylic oxidation sites excluding steroid dienone is 2.